The summed E-state index contributed by atoms with van der Waals surface area (Å²) in [7, 11) is 0. The monoisotopic (exact) mass is 389 g/mol. The van der Waals surface area contributed by atoms with Crippen molar-refractivity contribution in [3.63, 3.8) is 0 Å². The molecular weight excluding hydrogens is 366 g/mol. The van der Waals surface area contributed by atoms with Crippen LogP contribution in [0.5, 0.6) is 5.75 Å². The van der Waals surface area contributed by atoms with E-state index >= 15 is 0 Å². The SMILES string of the molecule is Cc1cc(C(=O)CN2CCN(C(=O)COc3ccc(Cl)cc3)CC2)c(C)[nH]1. The number of aromatic nitrogens is 1. The number of ketones is 1. The molecule has 1 aliphatic rings. The van der Waals surface area contributed by atoms with Crippen LogP contribution < -0.4 is 4.74 Å². The molecule has 0 atom stereocenters. The summed E-state index contributed by atoms with van der Waals surface area (Å²) in [5.74, 6) is 0.685. The van der Waals surface area contributed by atoms with Crippen LogP contribution in [0.15, 0.2) is 30.3 Å². The van der Waals surface area contributed by atoms with Crippen LogP contribution in [0.1, 0.15) is 21.7 Å². The Labute approximate surface area is 164 Å². The van der Waals surface area contributed by atoms with Crippen LogP contribution in [0.4, 0.5) is 0 Å². The van der Waals surface area contributed by atoms with E-state index in [1.54, 1.807) is 29.2 Å². The molecule has 2 heterocycles. The smallest absolute Gasteiger partial charge is 0.260 e. The average molecular weight is 390 g/mol. The van der Waals surface area contributed by atoms with Gasteiger partial charge in [0.15, 0.2) is 12.4 Å². The first-order valence-corrected chi connectivity index (χ1v) is 9.38. The zero-order valence-corrected chi connectivity index (χ0v) is 16.4. The van der Waals surface area contributed by atoms with Crippen molar-refractivity contribution < 1.29 is 14.3 Å². The van der Waals surface area contributed by atoms with E-state index in [9.17, 15) is 9.59 Å². The second-order valence-electron chi connectivity index (χ2n) is 6.81. The molecule has 27 heavy (non-hydrogen) atoms. The predicted molar refractivity (Wildman–Crippen MR) is 105 cm³/mol. The maximum absolute atomic E-state index is 12.5. The fraction of sp³-hybridized carbons (Fsp3) is 0.400. The zero-order valence-electron chi connectivity index (χ0n) is 15.6. The molecule has 0 spiro atoms. The first-order valence-electron chi connectivity index (χ1n) is 9.00. The van der Waals surface area contributed by atoms with Gasteiger partial charge in [-0.25, -0.2) is 0 Å². The molecule has 0 radical (unpaired) electrons. The highest BCUT2D eigenvalue weighted by molar-refractivity contribution is 6.30. The predicted octanol–water partition coefficient (Wildman–Crippen LogP) is 2.69. The van der Waals surface area contributed by atoms with Crippen molar-refractivity contribution >= 4 is 23.3 Å². The van der Waals surface area contributed by atoms with Gasteiger partial charge in [0, 0.05) is 48.2 Å². The number of ether oxygens (including phenoxy) is 1. The lowest BCUT2D eigenvalue weighted by Crippen LogP contribution is -2.51. The lowest BCUT2D eigenvalue weighted by molar-refractivity contribution is -0.135. The maximum atomic E-state index is 12.5. The first kappa shape index (κ1) is 19.5. The van der Waals surface area contributed by atoms with E-state index in [1.165, 1.54) is 0 Å². The molecule has 1 aliphatic heterocycles. The maximum Gasteiger partial charge on any atom is 0.260 e. The third-order valence-electron chi connectivity index (χ3n) is 4.72. The minimum atomic E-state index is -0.0481. The number of nitrogens with one attached hydrogen (secondary N) is 1. The van der Waals surface area contributed by atoms with Crippen molar-refractivity contribution in [2.45, 2.75) is 13.8 Å². The highest BCUT2D eigenvalue weighted by atomic mass is 35.5. The molecule has 144 valence electrons. The van der Waals surface area contributed by atoms with Crippen LogP contribution in [0, 0.1) is 13.8 Å². The third kappa shape index (κ3) is 5.11. The number of hydrogen-bond donors (Lipinski definition) is 1. The zero-order chi connectivity index (χ0) is 19.4. The summed E-state index contributed by atoms with van der Waals surface area (Å²) in [5.41, 5.74) is 2.65. The summed E-state index contributed by atoms with van der Waals surface area (Å²) >= 11 is 5.83. The van der Waals surface area contributed by atoms with E-state index in [4.69, 9.17) is 16.3 Å². The van der Waals surface area contributed by atoms with Crippen molar-refractivity contribution in [2.75, 3.05) is 39.3 Å². The summed E-state index contributed by atoms with van der Waals surface area (Å²) in [6, 6.07) is 8.83. The first-order chi connectivity index (χ1) is 12.9. The molecule has 1 fully saturated rings. The molecule has 1 aromatic heterocycles. The van der Waals surface area contributed by atoms with Crippen molar-refractivity contribution in [2.24, 2.45) is 0 Å². The number of aryl methyl sites for hydroxylation is 2. The number of Topliss-reactive ketones (excluding diaryl/α,β-unsaturated/α-hetero) is 1. The van der Waals surface area contributed by atoms with Gasteiger partial charge in [-0.05, 0) is 44.2 Å². The molecule has 6 nitrogen and oxygen atoms in total. The number of nitrogens with zero attached hydrogens (tertiary/aromatic N) is 2. The summed E-state index contributed by atoms with van der Waals surface area (Å²) in [6.07, 6.45) is 0. The quantitative estimate of drug-likeness (QED) is 0.771. The number of halogens is 1. The average Bonchev–Trinajstić information content (AvgIpc) is 3.00. The third-order valence-corrected chi connectivity index (χ3v) is 4.97. The molecule has 0 unspecified atom stereocenters. The van der Waals surface area contributed by atoms with Crippen LogP contribution >= 0.6 is 11.6 Å². The van der Waals surface area contributed by atoms with E-state index in [2.05, 4.69) is 9.88 Å². The molecular formula is C20H24ClN3O3. The fourth-order valence-electron chi connectivity index (χ4n) is 3.22. The topological polar surface area (TPSA) is 65.6 Å². The second-order valence-corrected chi connectivity index (χ2v) is 7.25. The molecule has 7 heteroatoms. The molecule has 2 aromatic rings. The molecule has 1 N–H and O–H groups in total. The Balaban J connectivity index is 1.44. The Hall–Kier alpha value is -2.31. The van der Waals surface area contributed by atoms with Gasteiger partial charge in [-0.2, -0.15) is 0 Å². The molecule has 1 saturated heterocycles. The van der Waals surface area contributed by atoms with Crippen molar-refractivity contribution in [1.29, 1.82) is 0 Å². The van der Waals surface area contributed by atoms with Crippen LogP contribution in [-0.2, 0) is 4.79 Å². The normalized spacial score (nSPS) is 15.0. The Bertz CT molecular complexity index is 808. The van der Waals surface area contributed by atoms with Crippen molar-refractivity contribution in [1.82, 2.24) is 14.8 Å². The Morgan fingerprint density at radius 3 is 2.37 bits per heavy atom. The van der Waals surface area contributed by atoms with Gasteiger partial charge in [0.25, 0.3) is 5.91 Å². The van der Waals surface area contributed by atoms with Crippen LogP contribution in [0.3, 0.4) is 0 Å². The van der Waals surface area contributed by atoms with Crippen molar-refractivity contribution in [3.05, 3.63) is 52.3 Å². The van der Waals surface area contributed by atoms with E-state index in [-0.39, 0.29) is 18.3 Å². The molecule has 1 aromatic carbocycles. The van der Waals surface area contributed by atoms with Crippen LogP contribution in [0.25, 0.3) is 0 Å². The molecule has 0 aliphatic carbocycles. The minimum Gasteiger partial charge on any atom is -0.484 e. The largest absolute Gasteiger partial charge is 0.484 e. The van der Waals surface area contributed by atoms with Crippen molar-refractivity contribution in [3.8, 4) is 5.75 Å². The molecule has 0 bridgehead atoms. The lowest BCUT2D eigenvalue weighted by Gasteiger charge is -2.34. The number of hydrogen-bond acceptors (Lipinski definition) is 4. The van der Waals surface area contributed by atoms with Gasteiger partial charge in [-0.1, -0.05) is 11.6 Å². The van der Waals surface area contributed by atoms with Crippen LogP contribution in [-0.4, -0.2) is 65.8 Å². The standard InChI is InChI=1S/C20H24ClN3O3/c1-14-11-18(15(2)22-14)19(25)12-23-7-9-24(10-8-23)20(26)13-27-17-5-3-16(21)4-6-17/h3-6,11,22H,7-10,12-13H2,1-2H3. The van der Waals surface area contributed by atoms with E-state index < -0.39 is 0 Å². The molecule has 0 saturated carbocycles. The minimum absolute atomic E-state index is 0.00237. The Morgan fingerprint density at radius 2 is 1.78 bits per heavy atom. The number of amides is 1. The summed E-state index contributed by atoms with van der Waals surface area (Å²) in [6.45, 7) is 6.80. The molecule has 1 amide bonds. The lowest BCUT2D eigenvalue weighted by atomic mass is 10.1. The van der Waals surface area contributed by atoms with Gasteiger partial charge in [0.05, 0.1) is 6.54 Å². The fourth-order valence-corrected chi connectivity index (χ4v) is 3.35. The van der Waals surface area contributed by atoms with Gasteiger partial charge >= 0.3 is 0 Å². The number of carbonyl (C=O) groups is 2. The van der Waals surface area contributed by atoms with E-state index in [0.29, 0.717) is 43.5 Å². The van der Waals surface area contributed by atoms with E-state index in [1.807, 2.05) is 19.9 Å². The van der Waals surface area contributed by atoms with Gasteiger partial charge in [0.1, 0.15) is 5.75 Å². The van der Waals surface area contributed by atoms with Gasteiger partial charge < -0.3 is 14.6 Å². The number of rotatable bonds is 6. The summed E-state index contributed by atoms with van der Waals surface area (Å²) in [5, 5.41) is 0.629. The Morgan fingerprint density at radius 1 is 1.11 bits per heavy atom. The number of carbonyl (C=O) groups excluding carboxylic acids is 2. The molecule has 3 rings (SSSR count). The highest BCUT2D eigenvalue weighted by Gasteiger charge is 2.23. The Kier molecular flexibility index (Phi) is 6.19. The summed E-state index contributed by atoms with van der Waals surface area (Å²) in [4.78, 5) is 31.8. The van der Waals surface area contributed by atoms with Gasteiger partial charge in [0.2, 0.25) is 0 Å². The summed E-state index contributed by atoms with van der Waals surface area (Å²) < 4.78 is 5.52. The van der Waals surface area contributed by atoms with Gasteiger partial charge in [-0.15, -0.1) is 0 Å². The highest BCUT2D eigenvalue weighted by Crippen LogP contribution is 2.16. The van der Waals surface area contributed by atoms with E-state index in [0.717, 1.165) is 17.0 Å². The van der Waals surface area contributed by atoms with Gasteiger partial charge in [-0.3, -0.25) is 14.5 Å². The van der Waals surface area contributed by atoms with Crippen LogP contribution in [0.2, 0.25) is 5.02 Å². The number of H-pyrrole nitrogens is 1. The second kappa shape index (κ2) is 8.59. The number of aromatic amines is 1. The number of benzene rings is 1. The number of piperazine rings is 1.